The molecule has 104 valence electrons. The number of halogens is 2. The van der Waals surface area contributed by atoms with Gasteiger partial charge in [0.15, 0.2) is 11.5 Å². The van der Waals surface area contributed by atoms with Gasteiger partial charge in [-0.25, -0.2) is 0 Å². The molecule has 1 aliphatic heterocycles. The molecule has 1 aliphatic rings. The zero-order chi connectivity index (χ0) is 13.9. The Morgan fingerprint density at radius 1 is 1.10 bits per heavy atom. The molecule has 0 amide bonds. The van der Waals surface area contributed by atoms with E-state index in [0.29, 0.717) is 13.2 Å². The van der Waals surface area contributed by atoms with Crippen LogP contribution in [0.1, 0.15) is 16.0 Å². The SMILES string of the molecule is Clc1cccc(CC(Br)c2cccc3c2OCCO3)c1. The summed E-state index contributed by atoms with van der Waals surface area (Å²) in [6.07, 6.45) is 0.848. The van der Waals surface area contributed by atoms with Crippen molar-refractivity contribution in [2.75, 3.05) is 13.2 Å². The second kappa shape index (κ2) is 6.06. The smallest absolute Gasteiger partial charge is 0.165 e. The average Bonchev–Trinajstić information content (AvgIpc) is 2.46. The van der Waals surface area contributed by atoms with Gasteiger partial charge in [0.05, 0.1) is 0 Å². The topological polar surface area (TPSA) is 18.5 Å². The highest BCUT2D eigenvalue weighted by molar-refractivity contribution is 9.09. The molecule has 0 aromatic heterocycles. The van der Waals surface area contributed by atoms with Gasteiger partial charge in [-0.2, -0.15) is 0 Å². The monoisotopic (exact) mass is 352 g/mol. The van der Waals surface area contributed by atoms with Crippen molar-refractivity contribution in [2.45, 2.75) is 11.2 Å². The third kappa shape index (κ3) is 2.94. The number of fused-ring (bicyclic) bond motifs is 1. The van der Waals surface area contributed by atoms with Gasteiger partial charge in [-0.15, -0.1) is 0 Å². The number of benzene rings is 2. The Bertz CT molecular complexity index is 615. The van der Waals surface area contributed by atoms with Crippen molar-refractivity contribution >= 4 is 27.5 Å². The molecule has 0 saturated heterocycles. The van der Waals surface area contributed by atoms with Crippen LogP contribution in [0.3, 0.4) is 0 Å². The molecule has 0 radical (unpaired) electrons. The normalized spacial score (nSPS) is 14.9. The Labute approximate surface area is 131 Å². The van der Waals surface area contributed by atoms with Crippen molar-refractivity contribution in [1.29, 1.82) is 0 Å². The lowest BCUT2D eigenvalue weighted by Crippen LogP contribution is -2.17. The van der Waals surface area contributed by atoms with Crippen LogP contribution in [-0.4, -0.2) is 13.2 Å². The molecular formula is C16H14BrClO2. The summed E-state index contributed by atoms with van der Waals surface area (Å²) in [5.41, 5.74) is 2.30. The summed E-state index contributed by atoms with van der Waals surface area (Å²) in [5.74, 6) is 1.67. The highest BCUT2D eigenvalue weighted by Crippen LogP contribution is 2.41. The van der Waals surface area contributed by atoms with Crippen LogP contribution in [0, 0.1) is 0 Å². The Morgan fingerprint density at radius 3 is 2.75 bits per heavy atom. The third-order valence-corrected chi connectivity index (χ3v) is 4.29. The van der Waals surface area contributed by atoms with E-state index in [1.165, 1.54) is 5.56 Å². The first-order chi connectivity index (χ1) is 9.74. The highest BCUT2D eigenvalue weighted by atomic mass is 79.9. The quantitative estimate of drug-likeness (QED) is 0.739. The number of para-hydroxylation sites is 1. The Kier molecular flexibility index (Phi) is 4.18. The molecular weight excluding hydrogens is 340 g/mol. The maximum absolute atomic E-state index is 6.03. The molecule has 3 rings (SSSR count). The molecule has 2 aromatic rings. The van der Waals surface area contributed by atoms with Crippen molar-refractivity contribution in [3.8, 4) is 11.5 Å². The predicted molar refractivity (Wildman–Crippen MR) is 84.3 cm³/mol. The third-order valence-electron chi connectivity index (χ3n) is 3.24. The van der Waals surface area contributed by atoms with Crippen LogP contribution in [0.2, 0.25) is 5.02 Å². The van der Waals surface area contributed by atoms with Gasteiger partial charge >= 0.3 is 0 Å². The first-order valence-corrected chi connectivity index (χ1v) is 7.80. The molecule has 0 saturated carbocycles. The summed E-state index contributed by atoms with van der Waals surface area (Å²) in [5, 5.41) is 0.761. The minimum absolute atomic E-state index is 0.164. The minimum atomic E-state index is 0.164. The lowest BCUT2D eigenvalue weighted by Gasteiger charge is -2.23. The molecule has 1 atom stereocenters. The van der Waals surface area contributed by atoms with Crippen LogP contribution in [0.15, 0.2) is 42.5 Å². The van der Waals surface area contributed by atoms with E-state index in [9.17, 15) is 0 Å². The highest BCUT2D eigenvalue weighted by Gasteiger charge is 2.20. The standard InChI is InChI=1S/C16H14BrClO2/c17-14(10-11-3-1-4-12(18)9-11)13-5-2-6-15-16(13)20-8-7-19-15/h1-6,9,14H,7-8,10H2. The van der Waals surface area contributed by atoms with E-state index in [2.05, 4.69) is 28.1 Å². The molecule has 0 N–H and O–H groups in total. The van der Waals surface area contributed by atoms with E-state index in [1.54, 1.807) is 0 Å². The molecule has 1 heterocycles. The second-order valence-electron chi connectivity index (χ2n) is 4.67. The summed E-state index contributed by atoms with van der Waals surface area (Å²) in [7, 11) is 0. The summed E-state index contributed by atoms with van der Waals surface area (Å²) in [4.78, 5) is 0.164. The lowest BCUT2D eigenvalue weighted by molar-refractivity contribution is 0.170. The van der Waals surface area contributed by atoms with Crippen LogP contribution in [-0.2, 0) is 6.42 Å². The Morgan fingerprint density at radius 2 is 1.90 bits per heavy atom. The summed E-state index contributed by atoms with van der Waals surface area (Å²) >= 11 is 9.78. The fourth-order valence-corrected chi connectivity index (χ4v) is 3.27. The van der Waals surface area contributed by atoms with Gasteiger partial charge in [0, 0.05) is 15.4 Å². The van der Waals surface area contributed by atoms with Gasteiger partial charge in [0.25, 0.3) is 0 Å². The minimum Gasteiger partial charge on any atom is -0.486 e. The fraction of sp³-hybridized carbons (Fsp3) is 0.250. The Hall–Kier alpha value is -1.19. The molecule has 0 aliphatic carbocycles. The van der Waals surface area contributed by atoms with Crippen LogP contribution in [0.4, 0.5) is 0 Å². The molecule has 0 spiro atoms. The van der Waals surface area contributed by atoms with E-state index in [4.69, 9.17) is 21.1 Å². The number of alkyl halides is 1. The average molecular weight is 354 g/mol. The van der Waals surface area contributed by atoms with E-state index >= 15 is 0 Å². The number of ether oxygens (including phenoxy) is 2. The van der Waals surface area contributed by atoms with Crippen molar-refractivity contribution in [3.63, 3.8) is 0 Å². The van der Waals surface area contributed by atoms with Gasteiger partial charge in [-0.05, 0) is 30.2 Å². The van der Waals surface area contributed by atoms with Gasteiger partial charge in [-0.1, -0.05) is 51.8 Å². The maximum atomic E-state index is 6.03. The molecule has 2 aromatic carbocycles. The van der Waals surface area contributed by atoms with Gasteiger partial charge < -0.3 is 9.47 Å². The van der Waals surface area contributed by atoms with Crippen molar-refractivity contribution in [1.82, 2.24) is 0 Å². The van der Waals surface area contributed by atoms with Crippen molar-refractivity contribution in [3.05, 3.63) is 58.6 Å². The molecule has 0 bridgehead atoms. The first-order valence-electron chi connectivity index (χ1n) is 6.51. The van der Waals surface area contributed by atoms with Gasteiger partial charge in [0.1, 0.15) is 13.2 Å². The van der Waals surface area contributed by atoms with Crippen LogP contribution < -0.4 is 9.47 Å². The zero-order valence-electron chi connectivity index (χ0n) is 10.8. The molecule has 0 fully saturated rings. The van der Waals surface area contributed by atoms with E-state index < -0.39 is 0 Å². The largest absolute Gasteiger partial charge is 0.486 e. The maximum Gasteiger partial charge on any atom is 0.165 e. The van der Waals surface area contributed by atoms with Crippen LogP contribution in [0.25, 0.3) is 0 Å². The lowest BCUT2D eigenvalue weighted by atomic mass is 10.0. The second-order valence-corrected chi connectivity index (χ2v) is 6.21. The van der Waals surface area contributed by atoms with Crippen LogP contribution >= 0.6 is 27.5 Å². The zero-order valence-corrected chi connectivity index (χ0v) is 13.2. The molecule has 1 unspecified atom stereocenters. The van der Waals surface area contributed by atoms with Gasteiger partial charge in [-0.3, -0.25) is 0 Å². The van der Waals surface area contributed by atoms with Crippen molar-refractivity contribution < 1.29 is 9.47 Å². The van der Waals surface area contributed by atoms with Crippen LogP contribution in [0.5, 0.6) is 11.5 Å². The summed E-state index contributed by atoms with van der Waals surface area (Å²) < 4.78 is 11.4. The fourth-order valence-electron chi connectivity index (χ4n) is 2.32. The number of rotatable bonds is 3. The number of hydrogen-bond donors (Lipinski definition) is 0. The molecule has 2 nitrogen and oxygen atoms in total. The van der Waals surface area contributed by atoms with Gasteiger partial charge in [0.2, 0.25) is 0 Å². The Balaban J connectivity index is 1.85. The molecule has 20 heavy (non-hydrogen) atoms. The predicted octanol–water partition coefficient (Wildman–Crippen LogP) is 4.79. The number of hydrogen-bond acceptors (Lipinski definition) is 2. The van der Waals surface area contributed by atoms with E-state index in [1.807, 2.05) is 30.3 Å². The van der Waals surface area contributed by atoms with E-state index in [-0.39, 0.29) is 4.83 Å². The first kappa shape index (κ1) is 13.8. The summed E-state index contributed by atoms with van der Waals surface area (Å²) in [6, 6.07) is 13.9. The molecule has 4 heteroatoms. The van der Waals surface area contributed by atoms with E-state index in [0.717, 1.165) is 28.5 Å². The van der Waals surface area contributed by atoms with Crippen molar-refractivity contribution in [2.24, 2.45) is 0 Å². The summed E-state index contributed by atoms with van der Waals surface area (Å²) in [6.45, 7) is 1.21.